The lowest BCUT2D eigenvalue weighted by molar-refractivity contribution is 0.899. The summed E-state index contributed by atoms with van der Waals surface area (Å²) in [6, 6.07) is 0. The van der Waals surface area contributed by atoms with Crippen molar-refractivity contribution < 1.29 is 0 Å². The van der Waals surface area contributed by atoms with Crippen molar-refractivity contribution in [3.63, 3.8) is 0 Å². The second-order valence-electron chi connectivity index (χ2n) is 3.39. The van der Waals surface area contributed by atoms with E-state index in [1.54, 1.807) is 0 Å². The van der Waals surface area contributed by atoms with Crippen molar-refractivity contribution in [2.75, 3.05) is 0 Å². The van der Waals surface area contributed by atoms with Crippen LogP contribution in [0.2, 0.25) is 5.82 Å². The summed E-state index contributed by atoms with van der Waals surface area (Å²) in [6.45, 7) is 10.2. The van der Waals surface area contributed by atoms with Gasteiger partial charge in [0.1, 0.15) is 0 Å². The minimum atomic E-state index is 0.139. The van der Waals surface area contributed by atoms with E-state index in [2.05, 4.69) is 26.5 Å². The van der Waals surface area contributed by atoms with Gasteiger partial charge in [-0.05, 0) is 26.2 Å². The van der Waals surface area contributed by atoms with Crippen LogP contribution in [0.4, 0.5) is 0 Å². The second-order valence-corrected chi connectivity index (χ2v) is 3.39. The molecule has 2 radical (unpaired) electrons. The molecule has 0 heterocycles. The zero-order valence-corrected chi connectivity index (χ0v) is 8.56. The zero-order valence-electron chi connectivity index (χ0n) is 8.56. The predicted octanol–water partition coefficient (Wildman–Crippen LogP) is 3.66. The molecule has 0 aliphatic carbocycles. The van der Waals surface area contributed by atoms with Crippen molar-refractivity contribution >= 4 is 7.85 Å². The van der Waals surface area contributed by atoms with E-state index in [-0.39, 0.29) is 5.82 Å². The molecule has 1 atom stereocenters. The number of allylic oxidation sites excluding steroid dienone is 3. The van der Waals surface area contributed by atoms with Crippen LogP contribution in [0.15, 0.2) is 23.8 Å². The molecule has 0 aliphatic rings. The highest BCUT2D eigenvalue weighted by Gasteiger charge is 1.97. The van der Waals surface area contributed by atoms with E-state index in [4.69, 9.17) is 7.85 Å². The summed E-state index contributed by atoms with van der Waals surface area (Å²) in [7, 11) is 5.67. The Morgan fingerprint density at radius 3 is 2.58 bits per heavy atom. The first kappa shape index (κ1) is 11.5. The summed E-state index contributed by atoms with van der Waals surface area (Å²) >= 11 is 0. The summed E-state index contributed by atoms with van der Waals surface area (Å²) in [5, 5.41) is 0. The van der Waals surface area contributed by atoms with Crippen LogP contribution in [0.5, 0.6) is 0 Å². The number of hydrogen-bond acceptors (Lipinski definition) is 0. The van der Waals surface area contributed by atoms with Crippen LogP contribution in [-0.4, -0.2) is 7.85 Å². The normalized spacial score (nSPS) is 14.4. The maximum atomic E-state index is 5.67. The quantitative estimate of drug-likeness (QED) is 0.427. The Labute approximate surface area is 78.2 Å². The molecule has 0 saturated heterocycles. The molecule has 0 rings (SSSR count). The average Bonchev–Trinajstić information content (AvgIpc) is 2.03. The second kappa shape index (κ2) is 6.10. The molecule has 0 saturated carbocycles. The standard InChI is InChI=1S/C11H19B/c1-5-9(2)7-6-8-10(3)11(4)12/h7,11H,3,5-6,8H2,1-2,4H3/b9-7+. The Hall–Kier alpha value is -0.455. The van der Waals surface area contributed by atoms with Crippen LogP contribution in [0.1, 0.15) is 40.0 Å². The van der Waals surface area contributed by atoms with E-state index in [0.29, 0.717) is 0 Å². The molecule has 0 aromatic heterocycles. The van der Waals surface area contributed by atoms with E-state index in [0.717, 1.165) is 24.8 Å². The van der Waals surface area contributed by atoms with Crippen molar-refractivity contribution in [1.82, 2.24) is 0 Å². The first-order valence-corrected chi connectivity index (χ1v) is 4.66. The van der Waals surface area contributed by atoms with Gasteiger partial charge >= 0.3 is 0 Å². The third kappa shape index (κ3) is 5.23. The Morgan fingerprint density at radius 1 is 1.58 bits per heavy atom. The summed E-state index contributed by atoms with van der Waals surface area (Å²) in [6.07, 6.45) is 5.52. The molecule has 0 spiro atoms. The van der Waals surface area contributed by atoms with Gasteiger partial charge in [0.2, 0.25) is 0 Å². The maximum absolute atomic E-state index is 5.67. The first-order chi connectivity index (χ1) is 5.57. The predicted molar refractivity (Wildman–Crippen MR) is 57.6 cm³/mol. The van der Waals surface area contributed by atoms with E-state index < -0.39 is 0 Å². The highest BCUT2D eigenvalue weighted by atomic mass is 14.0. The monoisotopic (exact) mass is 162 g/mol. The summed E-state index contributed by atoms with van der Waals surface area (Å²) in [4.78, 5) is 0. The van der Waals surface area contributed by atoms with Crippen LogP contribution < -0.4 is 0 Å². The molecule has 0 nitrogen and oxygen atoms in total. The highest BCUT2D eigenvalue weighted by molar-refractivity contribution is 6.13. The van der Waals surface area contributed by atoms with Crippen LogP contribution >= 0.6 is 0 Å². The van der Waals surface area contributed by atoms with Gasteiger partial charge in [0.25, 0.3) is 0 Å². The van der Waals surface area contributed by atoms with E-state index in [9.17, 15) is 0 Å². The lowest BCUT2D eigenvalue weighted by Gasteiger charge is -2.07. The molecule has 12 heavy (non-hydrogen) atoms. The van der Waals surface area contributed by atoms with Gasteiger partial charge in [-0.1, -0.05) is 36.9 Å². The molecular weight excluding hydrogens is 143 g/mol. The Morgan fingerprint density at radius 2 is 2.17 bits per heavy atom. The molecule has 0 bridgehead atoms. The summed E-state index contributed by atoms with van der Waals surface area (Å²) in [5.41, 5.74) is 2.60. The molecule has 0 fully saturated rings. The molecule has 0 aliphatic heterocycles. The molecule has 0 aromatic rings. The molecule has 0 aromatic carbocycles. The smallest absolute Gasteiger partial charge is 0.0755 e. The number of hydrogen-bond donors (Lipinski definition) is 0. The van der Waals surface area contributed by atoms with Crippen LogP contribution in [0.3, 0.4) is 0 Å². The van der Waals surface area contributed by atoms with Crippen molar-refractivity contribution in [2.24, 2.45) is 0 Å². The van der Waals surface area contributed by atoms with Crippen molar-refractivity contribution in [2.45, 2.75) is 45.9 Å². The number of rotatable bonds is 5. The SMILES string of the molecule is [B]C(C)C(=C)CC/C=C(\C)CC. The highest BCUT2D eigenvalue weighted by Crippen LogP contribution is 2.16. The topological polar surface area (TPSA) is 0 Å². The summed E-state index contributed by atoms with van der Waals surface area (Å²) in [5.74, 6) is 0.139. The van der Waals surface area contributed by atoms with E-state index in [1.165, 1.54) is 5.57 Å². The fourth-order valence-electron chi connectivity index (χ4n) is 0.876. The van der Waals surface area contributed by atoms with Crippen molar-refractivity contribution in [1.29, 1.82) is 0 Å². The minimum Gasteiger partial charge on any atom is -0.100 e. The van der Waals surface area contributed by atoms with E-state index in [1.807, 2.05) is 6.92 Å². The first-order valence-electron chi connectivity index (χ1n) is 4.66. The lowest BCUT2D eigenvalue weighted by atomic mass is 9.81. The Balaban J connectivity index is 3.63. The Bertz CT molecular complexity index is 166. The zero-order chi connectivity index (χ0) is 9.56. The van der Waals surface area contributed by atoms with Gasteiger partial charge in [-0.15, -0.1) is 6.58 Å². The largest absolute Gasteiger partial charge is 0.100 e. The maximum Gasteiger partial charge on any atom is 0.0755 e. The van der Waals surface area contributed by atoms with Crippen molar-refractivity contribution in [3.05, 3.63) is 23.8 Å². The van der Waals surface area contributed by atoms with Gasteiger partial charge in [-0.3, -0.25) is 0 Å². The van der Waals surface area contributed by atoms with E-state index >= 15 is 0 Å². The van der Waals surface area contributed by atoms with Gasteiger partial charge in [0, 0.05) is 0 Å². The average molecular weight is 162 g/mol. The minimum absolute atomic E-state index is 0.139. The molecular formula is C11H19B. The fraction of sp³-hybridized carbons (Fsp3) is 0.636. The third-order valence-corrected chi connectivity index (χ3v) is 2.16. The summed E-state index contributed by atoms with van der Waals surface area (Å²) < 4.78 is 0. The van der Waals surface area contributed by atoms with Gasteiger partial charge in [0.05, 0.1) is 7.85 Å². The van der Waals surface area contributed by atoms with Gasteiger partial charge < -0.3 is 0 Å². The molecule has 0 N–H and O–H groups in total. The van der Waals surface area contributed by atoms with Gasteiger partial charge in [0.15, 0.2) is 0 Å². The van der Waals surface area contributed by atoms with Crippen LogP contribution in [0.25, 0.3) is 0 Å². The lowest BCUT2D eigenvalue weighted by Crippen LogP contribution is -1.89. The fourth-order valence-corrected chi connectivity index (χ4v) is 0.876. The Kier molecular flexibility index (Phi) is 5.87. The molecule has 0 amide bonds. The molecule has 1 heteroatoms. The third-order valence-electron chi connectivity index (χ3n) is 2.16. The molecule has 66 valence electrons. The van der Waals surface area contributed by atoms with Crippen LogP contribution in [0, 0.1) is 0 Å². The molecule has 1 unspecified atom stereocenters. The van der Waals surface area contributed by atoms with Gasteiger partial charge in [-0.2, -0.15) is 0 Å². The van der Waals surface area contributed by atoms with Gasteiger partial charge in [-0.25, -0.2) is 0 Å². The van der Waals surface area contributed by atoms with Crippen LogP contribution in [-0.2, 0) is 0 Å². The van der Waals surface area contributed by atoms with Crippen molar-refractivity contribution in [3.8, 4) is 0 Å².